The maximum absolute atomic E-state index is 13.9. The van der Waals surface area contributed by atoms with Crippen LogP contribution in [0.15, 0.2) is 47.1 Å². The van der Waals surface area contributed by atoms with Gasteiger partial charge in [-0.1, -0.05) is 45.4 Å². The van der Waals surface area contributed by atoms with Crippen molar-refractivity contribution in [3.8, 4) is 0 Å². The van der Waals surface area contributed by atoms with Gasteiger partial charge in [0.15, 0.2) is 5.78 Å². The number of alkyl carbamates (subject to hydrolysis) is 1. The number of fused-ring (bicyclic) bond motifs is 9. The van der Waals surface area contributed by atoms with Crippen LogP contribution in [0.4, 0.5) is 10.5 Å². The largest absolute Gasteiger partial charge is 0.469 e. The van der Waals surface area contributed by atoms with Crippen molar-refractivity contribution in [2.45, 2.75) is 213 Å². The first kappa shape index (κ1) is 56.0. The lowest BCUT2D eigenvalue weighted by Gasteiger charge is -2.64. The number of aliphatic hydroxyl groups is 2. The van der Waals surface area contributed by atoms with E-state index in [4.69, 9.17) is 18.9 Å². The number of allylic oxidation sites excluding steroid dienone is 4. The molecule has 3 N–H and O–H groups in total. The lowest BCUT2D eigenvalue weighted by Crippen LogP contribution is -2.63. The summed E-state index contributed by atoms with van der Waals surface area (Å²) >= 11 is 0. The number of hydrogen-bond acceptors (Lipinski definition) is 11. The van der Waals surface area contributed by atoms with Crippen LogP contribution in [0.3, 0.4) is 0 Å². The van der Waals surface area contributed by atoms with Crippen molar-refractivity contribution in [2.75, 3.05) is 38.8 Å². The number of aliphatic hydroxyl groups excluding tert-OH is 1. The van der Waals surface area contributed by atoms with Gasteiger partial charge in [-0.25, -0.2) is 4.79 Å². The number of unbranched alkanes of at least 4 members (excludes halogenated alkanes) is 1. The predicted molar refractivity (Wildman–Crippen MR) is 291 cm³/mol. The molecule has 8 aliphatic rings. The van der Waals surface area contributed by atoms with Crippen molar-refractivity contribution in [2.24, 2.45) is 63.6 Å². The summed E-state index contributed by atoms with van der Waals surface area (Å²) in [6, 6.07) is 9.14. The monoisotopic (exact) mass is 1040 g/mol. The molecular formula is C63H94N2O10. The van der Waals surface area contributed by atoms with E-state index in [1.165, 1.54) is 23.8 Å². The van der Waals surface area contributed by atoms with Crippen molar-refractivity contribution in [3.63, 3.8) is 0 Å². The summed E-state index contributed by atoms with van der Waals surface area (Å²) in [4.78, 5) is 53.2. The van der Waals surface area contributed by atoms with Gasteiger partial charge in [-0.3, -0.25) is 14.4 Å². The highest BCUT2D eigenvalue weighted by Crippen LogP contribution is 2.70. The van der Waals surface area contributed by atoms with Gasteiger partial charge in [0, 0.05) is 62.3 Å². The second-order valence-electron chi connectivity index (χ2n) is 27.1. The number of anilines is 1. The van der Waals surface area contributed by atoms with E-state index >= 15 is 0 Å². The topological polar surface area (TPSA) is 161 Å². The molecule has 0 bridgehead atoms. The third-order valence-corrected chi connectivity index (χ3v) is 22.1. The zero-order chi connectivity index (χ0) is 53.8. The molecule has 9 rings (SSSR count). The number of rotatable bonds is 16. The Balaban J connectivity index is 0.855. The van der Waals surface area contributed by atoms with Crippen molar-refractivity contribution >= 4 is 29.5 Å². The van der Waals surface area contributed by atoms with Gasteiger partial charge in [0.1, 0.15) is 11.7 Å². The van der Waals surface area contributed by atoms with E-state index in [0.29, 0.717) is 57.1 Å². The van der Waals surface area contributed by atoms with Crippen LogP contribution in [0.2, 0.25) is 0 Å². The molecule has 1 amide bonds. The minimum absolute atomic E-state index is 0.0267. The molecule has 6 fully saturated rings. The number of nitrogens with zero attached hydrogens (tertiary/aromatic N) is 1. The number of esters is 2. The van der Waals surface area contributed by atoms with Gasteiger partial charge in [-0.05, 0) is 218 Å². The second-order valence-corrected chi connectivity index (χ2v) is 27.1. The average Bonchev–Trinajstić information content (AvgIpc) is 3.90. The molecular weight excluding hydrogens is 945 g/mol. The number of ether oxygens (including phenoxy) is 4. The molecule has 75 heavy (non-hydrogen) atoms. The maximum Gasteiger partial charge on any atom is 0.407 e. The number of benzene rings is 1. The highest BCUT2D eigenvalue weighted by molar-refractivity contribution is 5.93. The molecule has 0 saturated heterocycles. The van der Waals surface area contributed by atoms with E-state index in [2.05, 4.69) is 76.1 Å². The number of likely N-dealkylation sites (N-methyl/N-ethyl adjacent to an activating group) is 1. The van der Waals surface area contributed by atoms with E-state index in [0.717, 1.165) is 95.7 Å². The first-order valence-electron chi connectivity index (χ1n) is 29.5. The van der Waals surface area contributed by atoms with Gasteiger partial charge in [-0.2, -0.15) is 0 Å². The summed E-state index contributed by atoms with van der Waals surface area (Å²) in [5, 5.41) is 27.1. The number of nitrogens with one attached hydrogen (secondary N) is 1. The quantitative estimate of drug-likeness (QED) is 0.0821. The molecule has 12 nitrogen and oxygen atoms in total. The van der Waals surface area contributed by atoms with Crippen LogP contribution in [-0.2, 0) is 33.3 Å². The molecule has 0 aromatic heterocycles. The summed E-state index contributed by atoms with van der Waals surface area (Å²) in [7, 11) is 3.58. The summed E-state index contributed by atoms with van der Waals surface area (Å²) in [5.74, 6) is 2.29. The van der Waals surface area contributed by atoms with Gasteiger partial charge < -0.3 is 39.4 Å². The van der Waals surface area contributed by atoms with E-state index in [1.54, 1.807) is 5.57 Å². The molecule has 1 aromatic rings. The molecule has 2 unspecified atom stereocenters. The van der Waals surface area contributed by atoms with Crippen LogP contribution >= 0.6 is 0 Å². The number of hydrogen-bond donors (Lipinski definition) is 3. The number of carbonyl (C=O) groups is 4. The SMILES string of the molecule is COC(=O)CC[C@@H](C)[C@H]1CC[C@H]2[C@@H]3[C@H](OC(=O)CCCCNC(=O)OC(C)(C)C)C[C@@H]4C[C@@H](OCCN(C)c5ccc([C@H]6C[C@@]7(C)C(CC[C@]7(C)O)C7CCC8=CC(=O)CCC8=C76)cc5)CC[C@]4(C)[C@H]3C[C@H](O)[C@]12C. The Morgan fingerprint density at radius 2 is 1.64 bits per heavy atom. The minimum atomic E-state index is -0.699. The Morgan fingerprint density at radius 3 is 2.37 bits per heavy atom. The Morgan fingerprint density at radius 1 is 0.880 bits per heavy atom. The fourth-order valence-corrected chi connectivity index (χ4v) is 17.8. The molecule has 0 heterocycles. The molecule has 12 heteroatoms. The molecule has 0 spiro atoms. The van der Waals surface area contributed by atoms with Crippen LogP contribution < -0.4 is 10.2 Å². The second kappa shape index (κ2) is 21.8. The highest BCUT2D eigenvalue weighted by Gasteiger charge is 2.67. The molecule has 0 radical (unpaired) electrons. The Bertz CT molecular complexity index is 2330. The predicted octanol–water partition coefficient (Wildman–Crippen LogP) is 11.6. The van der Waals surface area contributed by atoms with Crippen molar-refractivity contribution < 1.29 is 48.3 Å². The first-order chi connectivity index (χ1) is 35.5. The lowest BCUT2D eigenvalue weighted by molar-refractivity contribution is -0.219. The molecule has 16 atom stereocenters. The summed E-state index contributed by atoms with van der Waals surface area (Å²) < 4.78 is 23.9. The van der Waals surface area contributed by atoms with Gasteiger partial charge in [0.05, 0.1) is 31.5 Å². The van der Waals surface area contributed by atoms with Crippen molar-refractivity contribution in [3.05, 3.63) is 52.6 Å². The Labute approximate surface area is 449 Å². The van der Waals surface area contributed by atoms with E-state index in [1.807, 2.05) is 26.8 Å². The minimum Gasteiger partial charge on any atom is -0.469 e. The van der Waals surface area contributed by atoms with Gasteiger partial charge in [0.2, 0.25) is 0 Å². The van der Waals surface area contributed by atoms with Crippen LogP contribution in [0, 0.1) is 63.6 Å². The Kier molecular flexibility index (Phi) is 16.3. The number of methoxy groups -OCH3 is 1. The van der Waals surface area contributed by atoms with E-state index in [-0.39, 0.29) is 94.0 Å². The van der Waals surface area contributed by atoms with E-state index in [9.17, 15) is 29.4 Å². The molecule has 416 valence electrons. The zero-order valence-electron chi connectivity index (χ0n) is 47.5. The van der Waals surface area contributed by atoms with Crippen LogP contribution in [0.25, 0.3) is 0 Å². The van der Waals surface area contributed by atoms with Crippen LogP contribution in [0.1, 0.15) is 189 Å². The third kappa shape index (κ3) is 10.9. The summed E-state index contributed by atoms with van der Waals surface area (Å²) in [6.07, 6.45) is 16.0. The van der Waals surface area contributed by atoms with Gasteiger partial charge >= 0.3 is 18.0 Å². The fraction of sp³-hybridized carbons (Fsp3) is 0.778. The lowest BCUT2D eigenvalue weighted by atomic mass is 9.43. The number of ketones is 1. The van der Waals surface area contributed by atoms with Crippen LogP contribution in [-0.4, -0.2) is 97.4 Å². The maximum atomic E-state index is 13.9. The smallest absolute Gasteiger partial charge is 0.407 e. The summed E-state index contributed by atoms with van der Waals surface area (Å²) in [5.41, 5.74) is 4.89. The normalized spacial score (nSPS) is 38.4. The fourth-order valence-electron chi connectivity index (χ4n) is 17.8. The first-order valence-corrected chi connectivity index (χ1v) is 29.5. The van der Waals surface area contributed by atoms with Crippen molar-refractivity contribution in [1.29, 1.82) is 0 Å². The van der Waals surface area contributed by atoms with Crippen LogP contribution in [0.5, 0.6) is 0 Å². The summed E-state index contributed by atoms with van der Waals surface area (Å²) in [6.45, 7) is 18.7. The number of amides is 1. The van der Waals surface area contributed by atoms with Crippen molar-refractivity contribution in [1.82, 2.24) is 5.32 Å². The Hall–Kier alpha value is -3.74. The van der Waals surface area contributed by atoms with Gasteiger partial charge in [0.25, 0.3) is 0 Å². The molecule has 0 aliphatic heterocycles. The van der Waals surface area contributed by atoms with E-state index < -0.39 is 23.4 Å². The van der Waals surface area contributed by atoms with Gasteiger partial charge in [-0.15, -0.1) is 0 Å². The molecule has 1 aromatic carbocycles. The molecule has 8 aliphatic carbocycles. The third-order valence-electron chi connectivity index (χ3n) is 22.1. The highest BCUT2D eigenvalue weighted by atomic mass is 16.6. The zero-order valence-corrected chi connectivity index (χ0v) is 47.5. The standard InChI is InChI=1S/C63H94N2O10/c1-38(14-25-54(68)72-10)48-23-24-50-57-51(36-53(67)63(48,50)8)60(5)28-26-44(34-41(60)35-52(57)74-55(69)13-11-12-30-64-58(70)75-59(2,3)4)73-32-31-65(9)42-18-15-39(16-19-42)47-37-61(6)49(27-29-62(61,7)71)46-21-17-40-33-43(66)20-22-45(40)56(46)47/h15-16,18-19,33,38,41,44,46-53,57,67,71H,11-14,17,20-32,34-37H2,1-10H3,(H,64,70)/t38-,41+,44+,46?,47-,48-,49?,50+,51+,52-,53+,57+,60+,61+,62+,63-/m1/s1. The molecule has 6 saturated carbocycles. The number of carbonyl (C=O) groups excluding carboxylic acids is 4. The average molecular weight is 1040 g/mol.